The standard InChI is InChI=1S/C9H18O3/c1-4-5-8(6-11-2)9(10)7-12-3/h4,8-10H,1,5-7H2,2-3H3. The number of rotatable bonds is 7. The summed E-state index contributed by atoms with van der Waals surface area (Å²) < 4.78 is 9.80. The summed E-state index contributed by atoms with van der Waals surface area (Å²) in [6.07, 6.45) is 2.06. The topological polar surface area (TPSA) is 38.7 Å². The molecule has 0 rings (SSSR count). The molecule has 0 aromatic rings. The normalized spacial score (nSPS) is 15.6. The quantitative estimate of drug-likeness (QED) is 0.581. The molecule has 72 valence electrons. The van der Waals surface area contributed by atoms with Gasteiger partial charge in [0.25, 0.3) is 0 Å². The molecule has 0 aromatic carbocycles. The van der Waals surface area contributed by atoms with Crippen LogP contribution in [0, 0.1) is 5.92 Å². The van der Waals surface area contributed by atoms with Crippen LogP contribution in [-0.2, 0) is 9.47 Å². The Balaban J connectivity index is 3.80. The van der Waals surface area contributed by atoms with Gasteiger partial charge < -0.3 is 14.6 Å². The Hall–Kier alpha value is -0.380. The number of allylic oxidation sites excluding steroid dienone is 1. The van der Waals surface area contributed by atoms with E-state index >= 15 is 0 Å². The Morgan fingerprint density at radius 3 is 2.33 bits per heavy atom. The summed E-state index contributed by atoms with van der Waals surface area (Å²) in [5.41, 5.74) is 0. The van der Waals surface area contributed by atoms with Crippen molar-refractivity contribution in [2.24, 2.45) is 5.92 Å². The zero-order chi connectivity index (χ0) is 9.40. The highest BCUT2D eigenvalue weighted by Gasteiger charge is 2.17. The second kappa shape index (κ2) is 7.28. The molecule has 0 aliphatic heterocycles. The molecule has 12 heavy (non-hydrogen) atoms. The zero-order valence-electron chi connectivity index (χ0n) is 7.82. The molecule has 0 saturated carbocycles. The van der Waals surface area contributed by atoms with Crippen molar-refractivity contribution in [3.63, 3.8) is 0 Å². The smallest absolute Gasteiger partial charge is 0.0826 e. The van der Waals surface area contributed by atoms with Gasteiger partial charge in [0, 0.05) is 20.1 Å². The summed E-state index contributed by atoms with van der Waals surface area (Å²) in [5.74, 6) is 0.0902. The van der Waals surface area contributed by atoms with Gasteiger partial charge in [0.05, 0.1) is 19.3 Å². The molecule has 3 nitrogen and oxygen atoms in total. The Morgan fingerprint density at radius 2 is 1.92 bits per heavy atom. The van der Waals surface area contributed by atoms with Crippen LogP contribution < -0.4 is 0 Å². The number of methoxy groups -OCH3 is 2. The highest BCUT2D eigenvalue weighted by Crippen LogP contribution is 2.10. The Morgan fingerprint density at radius 1 is 1.33 bits per heavy atom. The van der Waals surface area contributed by atoms with Gasteiger partial charge in [-0.05, 0) is 6.42 Å². The average molecular weight is 174 g/mol. The van der Waals surface area contributed by atoms with Crippen molar-refractivity contribution < 1.29 is 14.6 Å². The highest BCUT2D eigenvalue weighted by molar-refractivity contribution is 4.77. The van der Waals surface area contributed by atoms with Gasteiger partial charge in [-0.2, -0.15) is 0 Å². The fraction of sp³-hybridized carbons (Fsp3) is 0.778. The van der Waals surface area contributed by atoms with Gasteiger partial charge in [0.15, 0.2) is 0 Å². The molecule has 0 aromatic heterocycles. The van der Waals surface area contributed by atoms with Crippen molar-refractivity contribution in [3.05, 3.63) is 12.7 Å². The molecule has 0 radical (unpaired) electrons. The van der Waals surface area contributed by atoms with Crippen LogP contribution in [0.15, 0.2) is 12.7 Å². The SMILES string of the molecule is C=CCC(COC)C(O)COC. The van der Waals surface area contributed by atoms with Gasteiger partial charge in [-0.3, -0.25) is 0 Å². The van der Waals surface area contributed by atoms with Crippen molar-refractivity contribution in [1.29, 1.82) is 0 Å². The highest BCUT2D eigenvalue weighted by atomic mass is 16.5. The lowest BCUT2D eigenvalue weighted by Crippen LogP contribution is -2.28. The first-order valence-corrected chi connectivity index (χ1v) is 4.03. The zero-order valence-corrected chi connectivity index (χ0v) is 7.82. The summed E-state index contributed by atoms with van der Waals surface area (Å²) in [5, 5.41) is 9.52. The lowest BCUT2D eigenvalue weighted by Gasteiger charge is -2.19. The molecule has 2 unspecified atom stereocenters. The molecule has 0 amide bonds. The minimum absolute atomic E-state index is 0.0902. The first-order valence-electron chi connectivity index (χ1n) is 4.03. The second-order valence-electron chi connectivity index (χ2n) is 2.76. The van der Waals surface area contributed by atoms with Crippen LogP contribution >= 0.6 is 0 Å². The molecule has 0 bridgehead atoms. The Bertz CT molecular complexity index is 114. The molecular weight excluding hydrogens is 156 g/mol. The van der Waals surface area contributed by atoms with Crippen LogP contribution in [0.4, 0.5) is 0 Å². The third kappa shape index (κ3) is 4.49. The van der Waals surface area contributed by atoms with E-state index < -0.39 is 6.10 Å². The molecule has 0 aliphatic carbocycles. The summed E-state index contributed by atoms with van der Waals surface area (Å²) in [7, 11) is 3.19. The van der Waals surface area contributed by atoms with E-state index in [1.54, 1.807) is 20.3 Å². The Labute approximate surface area is 74.0 Å². The van der Waals surface area contributed by atoms with E-state index in [1.165, 1.54) is 0 Å². The lowest BCUT2D eigenvalue weighted by atomic mass is 10.0. The van der Waals surface area contributed by atoms with Crippen molar-refractivity contribution in [2.75, 3.05) is 27.4 Å². The first kappa shape index (κ1) is 11.6. The van der Waals surface area contributed by atoms with Crippen LogP contribution in [0.2, 0.25) is 0 Å². The van der Waals surface area contributed by atoms with E-state index in [0.717, 1.165) is 6.42 Å². The maximum atomic E-state index is 9.52. The fourth-order valence-corrected chi connectivity index (χ4v) is 1.07. The van der Waals surface area contributed by atoms with E-state index in [1.807, 2.05) is 0 Å². The van der Waals surface area contributed by atoms with E-state index in [0.29, 0.717) is 13.2 Å². The minimum Gasteiger partial charge on any atom is -0.390 e. The van der Waals surface area contributed by atoms with Gasteiger partial charge in [0.1, 0.15) is 0 Å². The molecule has 0 heterocycles. The van der Waals surface area contributed by atoms with E-state index in [9.17, 15) is 5.11 Å². The van der Waals surface area contributed by atoms with E-state index in [2.05, 4.69) is 6.58 Å². The van der Waals surface area contributed by atoms with Crippen LogP contribution in [0.25, 0.3) is 0 Å². The maximum absolute atomic E-state index is 9.52. The minimum atomic E-state index is -0.465. The molecule has 1 N–H and O–H groups in total. The van der Waals surface area contributed by atoms with Gasteiger partial charge in [0.2, 0.25) is 0 Å². The number of aliphatic hydroxyl groups is 1. The number of ether oxygens (including phenoxy) is 2. The molecule has 0 fully saturated rings. The first-order chi connectivity index (χ1) is 5.76. The largest absolute Gasteiger partial charge is 0.390 e. The summed E-state index contributed by atoms with van der Waals surface area (Å²) in [4.78, 5) is 0. The van der Waals surface area contributed by atoms with Crippen LogP contribution in [0.3, 0.4) is 0 Å². The van der Waals surface area contributed by atoms with Crippen LogP contribution in [-0.4, -0.2) is 38.6 Å². The lowest BCUT2D eigenvalue weighted by molar-refractivity contribution is -0.00164. The average Bonchev–Trinajstić information content (AvgIpc) is 2.04. The van der Waals surface area contributed by atoms with Crippen molar-refractivity contribution >= 4 is 0 Å². The molecule has 0 saturated heterocycles. The number of hydrogen-bond donors (Lipinski definition) is 1. The predicted octanol–water partition coefficient (Wildman–Crippen LogP) is 0.832. The summed E-state index contributed by atoms with van der Waals surface area (Å²) in [6.45, 7) is 4.51. The van der Waals surface area contributed by atoms with Gasteiger partial charge in [-0.25, -0.2) is 0 Å². The van der Waals surface area contributed by atoms with Gasteiger partial charge in [-0.1, -0.05) is 6.08 Å². The number of hydrogen-bond acceptors (Lipinski definition) is 3. The van der Waals surface area contributed by atoms with Crippen LogP contribution in [0.5, 0.6) is 0 Å². The predicted molar refractivity (Wildman–Crippen MR) is 48.1 cm³/mol. The van der Waals surface area contributed by atoms with E-state index in [4.69, 9.17) is 9.47 Å². The van der Waals surface area contributed by atoms with E-state index in [-0.39, 0.29) is 5.92 Å². The molecule has 0 aliphatic rings. The molecule has 0 spiro atoms. The molecular formula is C9H18O3. The van der Waals surface area contributed by atoms with Crippen molar-refractivity contribution in [1.82, 2.24) is 0 Å². The summed E-state index contributed by atoms with van der Waals surface area (Å²) in [6, 6.07) is 0. The third-order valence-electron chi connectivity index (χ3n) is 1.73. The monoisotopic (exact) mass is 174 g/mol. The molecule has 3 heteroatoms. The summed E-state index contributed by atoms with van der Waals surface area (Å²) >= 11 is 0. The third-order valence-corrected chi connectivity index (χ3v) is 1.73. The van der Waals surface area contributed by atoms with Gasteiger partial charge >= 0.3 is 0 Å². The number of aliphatic hydroxyl groups excluding tert-OH is 1. The second-order valence-corrected chi connectivity index (χ2v) is 2.76. The Kier molecular flexibility index (Phi) is 7.05. The van der Waals surface area contributed by atoms with Gasteiger partial charge in [-0.15, -0.1) is 6.58 Å². The van der Waals surface area contributed by atoms with Crippen molar-refractivity contribution in [3.8, 4) is 0 Å². The molecule has 2 atom stereocenters. The maximum Gasteiger partial charge on any atom is 0.0826 e. The fourth-order valence-electron chi connectivity index (χ4n) is 1.07. The van der Waals surface area contributed by atoms with Crippen molar-refractivity contribution in [2.45, 2.75) is 12.5 Å². The van der Waals surface area contributed by atoms with Crippen LogP contribution in [0.1, 0.15) is 6.42 Å².